The minimum atomic E-state index is -0.103. The summed E-state index contributed by atoms with van der Waals surface area (Å²) in [5, 5.41) is 8.56. The molecule has 1 fully saturated rings. The topological polar surface area (TPSA) is 102 Å². The first-order chi connectivity index (χ1) is 14.6. The van der Waals surface area contributed by atoms with Crippen LogP contribution in [0.15, 0.2) is 41.2 Å². The summed E-state index contributed by atoms with van der Waals surface area (Å²) in [4.78, 5) is 28.0. The molecular weight excluding hydrogens is 382 g/mol. The second kappa shape index (κ2) is 7.33. The molecular formula is C21H21N7O2. The van der Waals surface area contributed by atoms with Gasteiger partial charge < -0.3 is 9.42 Å². The van der Waals surface area contributed by atoms with E-state index in [0.717, 1.165) is 29.8 Å². The van der Waals surface area contributed by atoms with Gasteiger partial charge in [0.1, 0.15) is 0 Å². The highest BCUT2D eigenvalue weighted by Crippen LogP contribution is 2.28. The quantitative estimate of drug-likeness (QED) is 0.518. The van der Waals surface area contributed by atoms with E-state index in [1.807, 2.05) is 36.9 Å². The van der Waals surface area contributed by atoms with Crippen LogP contribution >= 0.6 is 0 Å². The highest BCUT2D eigenvalue weighted by molar-refractivity contribution is 5.93. The van der Waals surface area contributed by atoms with Crippen LogP contribution in [-0.4, -0.2) is 53.6 Å². The average molecular weight is 403 g/mol. The fraction of sp³-hybridized carbons (Fsp3) is 0.333. The molecule has 9 nitrogen and oxygen atoms in total. The number of amides is 1. The van der Waals surface area contributed by atoms with E-state index in [2.05, 4.69) is 25.2 Å². The zero-order valence-electron chi connectivity index (χ0n) is 16.8. The lowest BCUT2D eigenvalue weighted by Gasteiger charge is -2.30. The summed E-state index contributed by atoms with van der Waals surface area (Å²) in [6.45, 7) is 5.08. The molecule has 1 aliphatic rings. The lowest BCUT2D eigenvalue weighted by atomic mass is 9.97. The number of hydrogen-bond donors (Lipinski definition) is 0. The van der Waals surface area contributed by atoms with E-state index in [1.165, 1.54) is 0 Å². The molecule has 5 heterocycles. The average Bonchev–Trinajstić information content (AvgIpc) is 3.42. The van der Waals surface area contributed by atoms with Crippen LogP contribution in [0.2, 0.25) is 0 Å². The standard InChI is InChI=1S/C21H21N7O2/c1-13-9-14(2)28-18(23-13)10-17(25-28)21(29)27-8-4-6-16(12-27)20-24-19(26-30-20)15-5-3-7-22-11-15/h3,5,7,9-11,16H,4,6,8,12H2,1-2H3. The summed E-state index contributed by atoms with van der Waals surface area (Å²) in [6.07, 6.45) is 5.16. The van der Waals surface area contributed by atoms with E-state index in [-0.39, 0.29) is 11.8 Å². The number of likely N-dealkylation sites (tertiary alicyclic amines) is 1. The molecule has 4 aromatic heterocycles. The van der Waals surface area contributed by atoms with Gasteiger partial charge in [0.2, 0.25) is 11.7 Å². The van der Waals surface area contributed by atoms with Gasteiger partial charge in [-0.2, -0.15) is 10.1 Å². The number of hydrogen-bond acceptors (Lipinski definition) is 7. The van der Waals surface area contributed by atoms with Crippen LogP contribution in [0.3, 0.4) is 0 Å². The monoisotopic (exact) mass is 403 g/mol. The van der Waals surface area contributed by atoms with Crippen molar-refractivity contribution in [3.05, 3.63) is 59.6 Å². The molecule has 1 atom stereocenters. The summed E-state index contributed by atoms with van der Waals surface area (Å²) < 4.78 is 7.22. The normalized spacial score (nSPS) is 16.9. The Balaban J connectivity index is 1.36. The maximum absolute atomic E-state index is 13.1. The molecule has 152 valence electrons. The maximum atomic E-state index is 13.1. The second-order valence-corrected chi connectivity index (χ2v) is 7.63. The minimum absolute atomic E-state index is 0.000224. The number of aryl methyl sites for hydroxylation is 2. The summed E-state index contributed by atoms with van der Waals surface area (Å²) in [5.74, 6) is 0.960. The molecule has 0 aliphatic carbocycles. The predicted octanol–water partition coefficient (Wildman–Crippen LogP) is 2.81. The number of piperidine rings is 1. The van der Waals surface area contributed by atoms with Crippen molar-refractivity contribution in [1.29, 1.82) is 0 Å². The van der Waals surface area contributed by atoms with Gasteiger partial charge in [-0.15, -0.1) is 0 Å². The molecule has 0 radical (unpaired) electrons. The third-order valence-corrected chi connectivity index (χ3v) is 5.37. The zero-order chi connectivity index (χ0) is 20.7. The van der Waals surface area contributed by atoms with Crippen molar-refractivity contribution in [3.8, 4) is 11.4 Å². The first-order valence-electron chi connectivity index (χ1n) is 9.96. The van der Waals surface area contributed by atoms with Crippen molar-refractivity contribution in [2.75, 3.05) is 13.1 Å². The van der Waals surface area contributed by atoms with Crippen molar-refractivity contribution in [3.63, 3.8) is 0 Å². The number of carbonyl (C=O) groups is 1. The van der Waals surface area contributed by atoms with E-state index in [4.69, 9.17) is 4.52 Å². The maximum Gasteiger partial charge on any atom is 0.274 e. The van der Waals surface area contributed by atoms with Crippen LogP contribution in [0.4, 0.5) is 0 Å². The Kier molecular flexibility index (Phi) is 4.50. The van der Waals surface area contributed by atoms with Crippen molar-refractivity contribution in [2.24, 2.45) is 0 Å². The summed E-state index contributed by atoms with van der Waals surface area (Å²) in [6, 6.07) is 7.42. The number of rotatable bonds is 3. The number of aromatic nitrogens is 6. The van der Waals surface area contributed by atoms with Gasteiger partial charge in [0.05, 0.1) is 5.92 Å². The smallest absolute Gasteiger partial charge is 0.274 e. The van der Waals surface area contributed by atoms with Crippen LogP contribution in [0, 0.1) is 13.8 Å². The largest absolute Gasteiger partial charge is 0.339 e. The van der Waals surface area contributed by atoms with Crippen LogP contribution in [-0.2, 0) is 0 Å². The van der Waals surface area contributed by atoms with E-state index < -0.39 is 0 Å². The van der Waals surface area contributed by atoms with Crippen molar-refractivity contribution < 1.29 is 9.32 Å². The molecule has 0 spiro atoms. The van der Waals surface area contributed by atoms with Crippen LogP contribution < -0.4 is 0 Å². The molecule has 5 rings (SSSR count). The number of nitrogens with zero attached hydrogens (tertiary/aromatic N) is 7. The molecule has 1 aliphatic heterocycles. The molecule has 30 heavy (non-hydrogen) atoms. The van der Waals surface area contributed by atoms with Gasteiger partial charge in [0, 0.05) is 48.5 Å². The Morgan fingerprint density at radius 2 is 2.13 bits per heavy atom. The lowest BCUT2D eigenvalue weighted by Crippen LogP contribution is -2.39. The fourth-order valence-electron chi connectivity index (χ4n) is 3.93. The Hall–Kier alpha value is -3.62. The van der Waals surface area contributed by atoms with E-state index >= 15 is 0 Å². The van der Waals surface area contributed by atoms with Gasteiger partial charge in [-0.3, -0.25) is 9.78 Å². The molecule has 1 unspecified atom stereocenters. The highest BCUT2D eigenvalue weighted by Gasteiger charge is 2.30. The van der Waals surface area contributed by atoms with Gasteiger partial charge in [-0.05, 0) is 44.9 Å². The van der Waals surface area contributed by atoms with Crippen molar-refractivity contribution in [2.45, 2.75) is 32.6 Å². The van der Waals surface area contributed by atoms with Gasteiger partial charge in [0.25, 0.3) is 5.91 Å². The summed E-state index contributed by atoms with van der Waals surface area (Å²) in [7, 11) is 0. The summed E-state index contributed by atoms with van der Waals surface area (Å²) >= 11 is 0. The fourth-order valence-corrected chi connectivity index (χ4v) is 3.93. The van der Waals surface area contributed by atoms with Gasteiger partial charge >= 0.3 is 0 Å². The lowest BCUT2D eigenvalue weighted by molar-refractivity contribution is 0.0689. The Morgan fingerprint density at radius 3 is 2.97 bits per heavy atom. The first-order valence-corrected chi connectivity index (χ1v) is 9.96. The molecule has 4 aromatic rings. The Bertz CT molecular complexity index is 1210. The molecule has 0 N–H and O–H groups in total. The van der Waals surface area contributed by atoms with Crippen LogP contribution in [0.5, 0.6) is 0 Å². The Labute approximate surface area is 172 Å². The number of fused-ring (bicyclic) bond motifs is 1. The van der Waals surface area contributed by atoms with Crippen molar-refractivity contribution in [1.82, 2.24) is 34.6 Å². The van der Waals surface area contributed by atoms with Crippen molar-refractivity contribution >= 4 is 11.6 Å². The molecule has 0 aromatic carbocycles. The highest BCUT2D eigenvalue weighted by atomic mass is 16.5. The van der Waals surface area contributed by atoms with Crippen LogP contribution in [0.25, 0.3) is 17.0 Å². The number of pyridine rings is 1. The molecule has 1 saturated heterocycles. The molecule has 1 amide bonds. The van der Waals surface area contributed by atoms with Crippen LogP contribution in [0.1, 0.15) is 46.5 Å². The Morgan fingerprint density at radius 1 is 1.23 bits per heavy atom. The molecule has 0 bridgehead atoms. The van der Waals surface area contributed by atoms with Gasteiger partial charge in [0.15, 0.2) is 11.3 Å². The van der Waals surface area contributed by atoms with Gasteiger partial charge in [-0.1, -0.05) is 5.16 Å². The third kappa shape index (κ3) is 3.32. The zero-order valence-corrected chi connectivity index (χ0v) is 16.8. The van der Waals surface area contributed by atoms with E-state index in [0.29, 0.717) is 36.1 Å². The predicted molar refractivity (Wildman–Crippen MR) is 108 cm³/mol. The SMILES string of the molecule is Cc1cc(C)n2nc(C(=O)N3CCCC(c4nc(-c5cccnc5)no4)C3)cc2n1. The minimum Gasteiger partial charge on any atom is -0.339 e. The first kappa shape index (κ1) is 18.4. The van der Waals surface area contributed by atoms with Gasteiger partial charge in [-0.25, -0.2) is 9.50 Å². The van der Waals surface area contributed by atoms with E-state index in [1.54, 1.807) is 23.0 Å². The third-order valence-electron chi connectivity index (χ3n) is 5.37. The molecule has 9 heteroatoms. The molecule has 0 saturated carbocycles. The van der Waals surface area contributed by atoms with E-state index in [9.17, 15) is 4.79 Å². The second-order valence-electron chi connectivity index (χ2n) is 7.63. The number of carbonyl (C=O) groups excluding carboxylic acids is 1. The summed E-state index contributed by atoms with van der Waals surface area (Å²) in [5.41, 5.74) is 3.74.